The van der Waals surface area contributed by atoms with Gasteiger partial charge in [0.2, 0.25) is 0 Å². The van der Waals surface area contributed by atoms with E-state index in [4.69, 9.17) is 0 Å². The van der Waals surface area contributed by atoms with Gasteiger partial charge >= 0.3 is 0 Å². The maximum absolute atomic E-state index is 4.22. The zero-order chi connectivity index (χ0) is 8.55. The van der Waals surface area contributed by atoms with Gasteiger partial charge in [-0.25, -0.2) is 0 Å². The fourth-order valence-corrected chi connectivity index (χ4v) is 2.05. The molecule has 0 saturated heterocycles. The van der Waals surface area contributed by atoms with Crippen LogP contribution in [0.5, 0.6) is 0 Å². The smallest absolute Gasteiger partial charge is 0.151 e. The predicted molar refractivity (Wildman–Crippen MR) is 49.5 cm³/mol. The lowest BCUT2D eigenvalue weighted by Gasteiger charge is -2.02. The molecule has 0 aromatic carbocycles. The van der Waals surface area contributed by atoms with Crippen LogP contribution in [0.2, 0.25) is 0 Å². The van der Waals surface area contributed by atoms with E-state index in [0.717, 1.165) is 11.7 Å². The van der Waals surface area contributed by atoms with Crippen LogP contribution in [0.4, 0.5) is 5.82 Å². The van der Waals surface area contributed by atoms with E-state index in [1.807, 2.05) is 7.05 Å². The summed E-state index contributed by atoms with van der Waals surface area (Å²) >= 11 is 0. The van der Waals surface area contributed by atoms with Crippen LogP contribution in [-0.2, 0) is 6.42 Å². The first kappa shape index (κ1) is 7.65. The summed E-state index contributed by atoms with van der Waals surface area (Å²) in [7, 11) is 1.93. The molecule has 1 aromatic rings. The topological polar surface area (TPSA) is 40.7 Å². The largest absolute Gasteiger partial charge is 0.371 e. The van der Waals surface area contributed by atoms with E-state index in [1.54, 1.807) is 0 Å². The molecule has 66 valence electrons. The Balaban J connectivity index is 2.35. The lowest BCUT2D eigenvalue weighted by atomic mass is 10.1. The third-order valence-corrected chi connectivity index (χ3v) is 2.78. The molecule has 0 amide bonds. The fraction of sp³-hybridized carbons (Fsp3) is 0.667. The summed E-state index contributed by atoms with van der Waals surface area (Å²) in [5.74, 6) is 1.76. The number of aromatic amines is 1. The molecular weight excluding hydrogens is 150 g/mol. The minimum atomic E-state index is 0.717. The van der Waals surface area contributed by atoms with Gasteiger partial charge in [-0.1, -0.05) is 6.92 Å². The molecule has 1 aliphatic rings. The molecule has 3 nitrogen and oxygen atoms in total. The highest BCUT2D eigenvalue weighted by atomic mass is 15.2. The van der Waals surface area contributed by atoms with Crippen LogP contribution >= 0.6 is 0 Å². The number of fused-ring (bicyclic) bond motifs is 1. The molecule has 3 heteroatoms. The van der Waals surface area contributed by atoms with E-state index in [-0.39, 0.29) is 0 Å². The number of anilines is 1. The molecule has 1 aromatic heterocycles. The van der Waals surface area contributed by atoms with Crippen LogP contribution in [0.3, 0.4) is 0 Å². The van der Waals surface area contributed by atoms with Crippen molar-refractivity contribution in [1.82, 2.24) is 10.2 Å². The molecule has 0 fully saturated rings. The highest BCUT2D eigenvalue weighted by Gasteiger charge is 2.25. The molecule has 0 bridgehead atoms. The van der Waals surface area contributed by atoms with Crippen molar-refractivity contribution in [3.05, 3.63) is 11.3 Å². The van der Waals surface area contributed by atoms with Gasteiger partial charge in [-0.15, -0.1) is 0 Å². The Labute approximate surface area is 72.6 Å². The van der Waals surface area contributed by atoms with E-state index >= 15 is 0 Å². The molecule has 2 rings (SSSR count). The molecule has 1 aliphatic carbocycles. The van der Waals surface area contributed by atoms with Crippen molar-refractivity contribution in [2.75, 3.05) is 12.4 Å². The number of H-pyrrole nitrogens is 1. The minimum Gasteiger partial charge on any atom is -0.371 e. The van der Waals surface area contributed by atoms with Gasteiger partial charge in [0.15, 0.2) is 5.82 Å². The van der Waals surface area contributed by atoms with Crippen molar-refractivity contribution >= 4 is 5.82 Å². The first-order valence-electron chi connectivity index (χ1n) is 4.61. The Kier molecular flexibility index (Phi) is 1.79. The van der Waals surface area contributed by atoms with E-state index in [1.165, 1.54) is 30.5 Å². The zero-order valence-corrected chi connectivity index (χ0v) is 7.65. The standard InChI is InChI=1S/C9H15N3/c1-3-6-4-5-7-8(6)11-12-9(7)10-2/h6H,3-5H2,1-2H3,(H2,10,11,12). The first-order valence-corrected chi connectivity index (χ1v) is 4.61. The number of hydrogen-bond donors (Lipinski definition) is 2. The van der Waals surface area contributed by atoms with Crippen molar-refractivity contribution in [2.24, 2.45) is 0 Å². The second-order valence-electron chi connectivity index (χ2n) is 3.36. The quantitative estimate of drug-likeness (QED) is 0.702. The molecule has 0 radical (unpaired) electrons. The Morgan fingerprint density at radius 2 is 2.50 bits per heavy atom. The number of nitrogens with one attached hydrogen (secondary N) is 2. The van der Waals surface area contributed by atoms with Crippen LogP contribution in [0.15, 0.2) is 0 Å². The molecule has 0 saturated carbocycles. The lowest BCUT2D eigenvalue weighted by molar-refractivity contribution is 0.634. The van der Waals surface area contributed by atoms with Crippen LogP contribution in [0.1, 0.15) is 36.9 Å². The number of nitrogens with zero attached hydrogens (tertiary/aromatic N) is 1. The second kappa shape index (κ2) is 2.81. The van der Waals surface area contributed by atoms with Crippen molar-refractivity contribution < 1.29 is 0 Å². The third-order valence-electron chi connectivity index (χ3n) is 2.78. The van der Waals surface area contributed by atoms with Crippen molar-refractivity contribution in [1.29, 1.82) is 0 Å². The van der Waals surface area contributed by atoms with Gasteiger partial charge < -0.3 is 5.32 Å². The predicted octanol–water partition coefficient (Wildman–Crippen LogP) is 1.89. The molecule has 1 heterocycles. The molecular formula is C9H15N3. The normalized spacial score (nSPS) is 21.0. The summed E-state index contributed by atoms with van der Waals surface area (Å²) in [4.78, 5) is 0. The second-order valence-corrected chi connectivity index (χ2v) is 3.36. The van der Waals surface area contributed by atoms with Gasteiger partial charge in [-0.2, -0.15) is 5.10 Å². The van der Waals surface area contributed by atoms with E-state index in [0.29, 0.717) is 0 Å². The van der Waals surface area contributed by atoms with E-state index < -0.39 is 0 Å². The minimum absolute atomic E-state index is 0.717. The van der Waals surface area contributed by atoms with Gasteiger partial charge in [0.05, 0.1) is 0 Å². The average Bonchev–Trinajstić information content (AvgIpc) is 2.62. The maximum Gasteiger partial charge on any atom is 0.151 e. The molecule has 1 unspecified atom stereocenters. The monoisotopic (exact) mass is 165 g/mol. The molecule has 12 heavy (non-hydrogen) atoms. The molecule has 0 aliphatic heterocycles. The maximum atomic E-state index is 4.22. The molecule has 2 N–H and O–H groups in total. The van der Waals surface area contributed by atoms with Gasteiger partial charge in [-0.05, 0) is 19.3 Å². The van der Waals surface area contributed by atoms with E-state index in [2.05, 4.69) is 22.4 Å². The summed E-state index contributed by atoms with van der Waals surface area (Å²) < 4.78 is 0. The molecule has 1 atom stereocenters. The van der Waals surface area contributed by atoms with Crippen LogP contribution in [0, 0.1) is 0 Å². The Morgan fingerprint density at radius 1 is 1.67 bits per heavy atom. The van der Waals surface area contributed by atoms with Gasteiger partial charge in [0.1, 0.15) is 0 Å². The summed E-state index contributed by atoms with van der Waals surface area (Å²) in [6.45, 7) is 2.24. The number of hydrogen-bond acceptors (Lipinski definition) is 2. The van der Waals surface area contributed by atoms with Gasteiger partial charge in [-0.3, -0.25) is 5.10 Å². The van der Waals surface area contributed by atoms with Crippen molar-refractivity contribution in [3.63, 3.8) is 0 Å². The Bertz CT molecular complexity index is 277. The number of rotatable bonds is 2. The Morgan fingerprint density at radius 3 is 3.17 bits per heavy atom. The SMILES string of the molecule is CCC1CCc2c(NC)n[nH]c21. The van der Waals surface area contributed by atoms with E-state index in [9.17, 15) is 0 Å². The van der Waals surface area contributed by atoms with Crippen LogP contribution in [-0.4, -0.2) is 17.2 Å². The highest BCUT2D eigenvalue weighted by Crippen LogP contribution is 2.36. The average molecular weight is 165 g/mol. The fourth-order valence-electron chi connectivity index (χ4n) is 2.05. The first-order chi connectivity index (χ1) is 5.86. The van der Waals surface area contributed by atoms with Crippen molar-refractivity contribution in [3.8, 4) is 0 Å². The number of aromatic nitrogens is 2. The summed E-state index contributed by atoms with van der Waals surface area (Å²) in [6.07, 6.45) is 3.69. The van der Waals surface area contributed by atoms with Crippen LogP contribution < -0.4 is 5.32 Å². The lowest BCUT2D eigenvalue weighted by Crippen LogP contribution is -1.92. The van der Waals surface area contributed by atoms with Crippen LogP contribution in [0.25, 0.3) is 0 Å². The third kappa shape index (κ3) is 0.924. The summed E-state index contributed by atoms with van der Waals surface area (Å²) in [5.41, 5.74) is 2.77. The molecule has 0 spiro atoms. The van der Waals surface area contributed by atoms with Gasteiger partial charge in [0.25, 0.3) is 0 Å². The zero-order valence-electron chi connectivity index (χ0n) is 7.65. The summed E-state index contributed by atoms with van der Waals surface area (Å²) in [5, 5.41) is 10.5. The summed E-state index contributed by atoms with van der Waals surface area (Å²) in [6, 6.07) is 0. The Hall–Kier alpha value is -0.990. The highest BCUT2D eigenvalue weighted by molar-refractivity contribution is 5.49. The van der Waals surface area contributed by atoms with Gasteiger partial charge in [0, 0.05) is 24.2 Å². The van der Waals surface area contributed by atoms with Crippen molar-refractivity contribution in [2.45, 2.75) is 32.1 Å².